The first-order chi connectivity index (χ1) is 13.6. The van der Waals surface area contributed by atoms with Crippen LogP contribution in [0.3, 0.4) is 0 Å². The Morgan fingerprint density at radius 1 is 1.32 bits per heavy atom. The molecule has 0 bridgehead atoms. The number of amides is 1. The molecule has 1 unspecified atom stereocenters. The Morgan fingerprint density at radius 3 is 2.93 bits per heavy atom. The van der Waals surface area contributed by atoms with Gasteiger partial charge in [-0.05, 0) is 31.0 Å². The highest BCUT2D eigenvalue weighted by molar-refractivity contribution is 5.76. The monoisotopic (exact) mass is 378 g/mol. The highest BCUT2D eigenvalue weighted by Gasteiger charge is 2.25. The second-order valence-electron chi connectivity index (χ2n) is 6.96. The number of aromatic nitrogens is 2. The summed E-state index contributed by atoms with van der Waals surface area (Å²) in [5, 5.41) is 15.4. The largest absolute Gasteiger partial charge is 0.354 e. The van der Waals surface area contributed by atoms with Crippen molar-refractivity contribution in [1.29, 1.82) is 5.26 Å². The van der Waals surface area contributed by atoms with Crippen LogP contribution in [0.2, 0.25) is 0 Å². The summed E-state index contributed by atoms with van der Waals surface area (Å²) < 4.78 is 0. The molecule has 0 spiro atoms. The minimum Gasteiger partial charge on any atom is -0.354 e. The molecule has 2 aromatic rings. The Morgan fingerprint density at radius 2 is 2.18 bits per heavy atom. The Bertz CT molecular complexity index is 875. The SMILES string of the molecule is CCCc1cc(N2CCC(NC(=O)CC)C2)nc(Nc2cccc(C#N)c2)n1. The maximum absolute atomic E-state index is 11.7. The maximum Gasteiger partial charge on any atom is 0.229 e. The first-order valence-electron chi connectivity index (χ1n) is 9.80. The van der Waals surface area contributed by atoms with Crippen LogP contribution in [-0.2, 0) is 11.2 Å². The van der Waals surface area contributed by atoms with Crippen LogP contribution < -0.4 is 15.5 Å². The number of nitriles is 1. The second-order valence-corrected chi connectivity index (χ2v) is 6.96. The van der Waals surface area contributed by atoms with Crippen molar-refractivity contribution in [2.24, 2.45) is 0 Å². The predicted octanol–water partition coefficient (Wildman–Crippen LogP) is 3.15. The van der Waals surface area contributed by atoms with Crippen LogP contribution in [0.15, 0.2) is 30.3 Å². The van der Waals surface area contributed by atoms with E-state index in [0.29, 0.717) is 17.9 Å². The molecule has 2 heterocycles. The van der Waals surface area contributed by atoms with Crippen molar-refractivity contribution >= 4 is 23.4 Å². The van der Waals surface area contributed by atoms with Crippen molar-refractivity contribution in [3.05, 3.63) is 41.6 Å². The van der Waals surface area contributed by atoms with Crippen molar-refractivity contribution in [2.45, 2.75) is 45.6 Å². The van der Waals surface area contributed by atoms with Crippen molar-refractivity contribution < 1.29 is 4.79 Å². The molecule has 1 aliphatic heterocycles. The number of hydrogen-bond donors (Lipinski definition) is 2. The van der Waals surface area contributed by atoms with Gasteiger partial charge in [0.1, 0.15) is 5.82 Å². The third kappa shape index (κ3) is 4.97. The van der Waals surface area contributed by atoms with E-state index in [-0.39, 0.29) is 11.9 Å². The van der Waals surface area contributed by atoms with Crippen LogP contribution in [0.1, 0.15) is 44.4 Å². The van der Waals surface area contributed by atoms with Crippen molar-refractivity contribution in [3.8, 4) is 6.07 Å². The normalized spacial score (nSPS) is 15.9. The van der Waals surface area contributed by atoms with E-state index < -0.39 is 0 Å². The van der Waals surface area contributed by atoms with Crippen LogP contribution in [0.25, 0.3) is 0 Å². The van der Waals surface area contributed by atoms with Gasteiger partial charge in [-0.25, -0.2) is 4.98 Å². The zero-order valence-electron chi connectivity index (χ0n) is 16.4. The maximum atomic E-state index is 11.7. The molecule has 2 N–H and O–H groups in total. The van der Waals surface area contributed by atoms with Gasteiger partial charge in [-0.15, -0.1) is 0 Å². The standard InChI is InChI=1S/C21H26N6O/c1-3-6-16-12-19(27-10-9-18(14-27)23-20(28)4-2)26-21(24-16)25-17-8-5-7-15(11-17)13-22/h5,7-8,11-12,18H,3-4,6,9-10,14H2,1-2H3,(H,23,28)(H,24,25,26). The average molecular weight is 378 g/mol. The molecule has 7 heteroatoms. The quantitative estimate of drug-likeness (QED) is 0.769. The van der Waals surface area contributed by atoms with Crippen LogP contribution in [0.4, 0.5) is 17.5 Å². The summed E-state index contributed by atoms with van der Waals surface area (Å²) >= 11 is 0. The average Bonchev–Trinajstić information content (AvgIpc) is 3.16. The van der Waals surface area contributed by atoms with E-state index in [1.807, 2.05) is 25.1 Å². The van der Waals surface area contributed by atoms with Gasteiger partial charge < -0.3 is 15.5 Å². The van der Waals surface area contributed by atoms with Crippen LogP contribution in [-0.4, -0.2) is 35.0 Å². The Hall–Kier alpha value is -3.14. The highest BCUT2D eigenvalue weighted by Crippen LogP contribution is 2.23. The number of carbonyl (C=O) groups excluding carboxylic acids is 1. The lowest BCUT2D eigenvalue weighted by Crippen LogP contribution is -2.36. The van der Waals surface area contributed by atoms with E-state index in [1.54, 1.807) is 12.1 Å². The molecule has 28 heavy (non-hydrogen) atoms. The topological polar surface area (TPSA) is 93.9 Å². The number of hydrogen-bond acceptors (Lipinski definition) is 6. The zero-order chi connectivity index (χ0) is 19.9. The second kappa shape index (κ2) is 9.18. The molecular weight excluding hydrogens is 352 g/mol. The van der Waals surface area contributed by atoms with Gasteiger partial charge in [0.05, 0.1) is 11.6 Å². The molecule has 3 rings (SSSR count). The van der Waals surface area contributed by atoms with E-state index in [4.69, 9.17) is 10.2 Å². The Kier molecular flexibility index (Phi) is 6.43. The summed E-state index contributed by atoms with van der Waals surface area (Å²) in [4.78, 5) is 23.2. The molecule has 1 atom stereocenters. The van der Waals surface area contributed by atoms with Gasteiger partial charge in [0.15, 0.2) is 0 Å². The fourth-order valence-corrected chi connectivity index (χ4v) is 3.30. The number of anilines is 3. The molecule has 0 saturated carbocycles. The first kappa shape index (κ1) is 19.6. The third-order valence-electron chi connectivity index (χ3n) is 4.72. The summed E-state index contributed by atoms with van der Waals surface area (Å²) in [7, 11) is 0. The summed E-state index contributed by atoms with van der Waals surface area (Å²) in [6.45, 7) is 5.58. The lowest BCUT2D eigenvalue weighted by molar-refractivity contribution is -0.121. The first-order valence-corrected chi connectivity index (χ1v) is 9.80. The molecule has 1 aromatic carbocycles. The predicted molar refractivity (Wildman–Crippen MR) is 110 cm³/mol. The van der Waals surface area contributed by atoms with Crippen LogP contribution in [0.5, 0.6) is 0 Å². The Labute approximate surface area is 165 Å². The number of rotatable bonds is 7. The fourth-order valence-electron chi connectivity index (χ4n) is 3.30. The van der Waals surface area contributed by atoms with E-state index in [1.165, 1.54) is 0 Å². The number of carbonyl (C=O) groups is 1. The molecule has 1 saturated heterocycles. The van der Waals surface area contributed by atoms with Crippen molar-refractivity contribution in [2.75, 3.05) is 23.3 Å². The van der Waals surface area contributed by atoms with E-state index in [9.17, 15) is 4.79 Å². The molecule has 1 aromatic heterocycles. The van der Waals surface area contributed by atoms with Gasteiger partial charge in [0.25, 0.3) is 0 Å². The van der Waals surface area contributed by atoms with Gasteiger partial charge in [-0.1, -0.05) is 26.3 Å². The number of benzene rings is 1. The lowest BCUT2D eigenvalue weighted by atomic mass is 10.2. The van der Waals surface area contributed by atoms with Crippen LogP contribution >= 0.6 is 0 Å². The van der Waals surface area contributed by atoms with E-state index in [2.05, 4.69) is 33.5 Å². The summed E-state index contributed by atoms with van der Waals surface area (Å²) in [5.74, 6) is 1.48. The molecule has 1 fully saturated rings. The zero-order valence-corrected chi connectivity index (χ0v) is 16.4. The number of nitrogens with one attached hydrogen (secondary N) is 2. The van der Waals surface area contributed by atoms with E-state index >= 15 is 0 Å². The molecular formula is C21H26N6O. The van der Waals surface area contributed by atoms with Gasteiger partial charge >= 0.3 is 0 Å². The van der Waals surface area contributed by atoms with Crippen LogP contribution in [0, 0.1) is 11.3 Å². The molecule has 1 aliphatic rings. The molecule has 0 aliphatic carbocycles. The van der Waals surface area contributed by atoms with Gasteiger partial charge in [0, 0.05) is 43.0 Å². The molecule has 0 radical (unpaired) electrons. The van der Waals surface area contributed by atoms with E-state index in [0.717, 1.165) is 49.6 Å². The molecule has 146 valence electrons. The fraction of sp³-hybridized carbons (Fsp3) is 0.429. The summed E-state index contributed by atoms with van der Waals surface area (Å²) in [5.41, 5.74) is 2.35. The van der Waals surface area contributed by atoms with Gasteiger partial charge in [0.2, 0.25) is 11.9 Å². The molecule has 1 amide bonds. The summed E-state index contributed by atoms with van der Waals surface area (Å²) in [6.07, 6.45) is 3.27. The third-order valence-corrected chi connectivity index (χ3v) is 4.72. The van der Waals surface area contributed by atoms with Crippen molar-refractivity contribution in [1.82, 2.24) is 15.3 Å². The van der Waals surface area contributed by atoms with Gasteiger partial charge in [-0.2, -0.15) is 10.2 Å². The number of nitrogens with zero attached hydrogens (tertiary/aromatic N) is 4. The highest BCUT2D eigenvalue weighted by atomic mass is 16.1. The minimum absolute atomic E-state index is 0.0842. The Balaban J connectivity index is 1.80. The lowest BCUT2D eigenvalue weighted by Gasteiger charge is -2.19. The summed E-state index contributed by atoms with van der Waals surface area (Å²) in [6, 6.07) is 11.6. The van der Waals surface area contributed by atoms with Gasteiger partial charge in [-0.3, -0.25) is 4.79 Å². The number of aryl methyl sites for hydroxylation is 1. The molecule has 7 nitrogen and oxygen atoms in total. The smallest absolute Gasteiger partial charge is 0.229 e. The minimum atomic E-state index is 0.0842. The van der Waals surface area contributed by atoms with Crippen molar-refractivity contribution in [3.63, 3.8) is 0 Å².